The topological polar surface area (TPSA) is 29.5 Å². The van der Waals surface area contributed by atoms with Crippen LogP contribution in [0.25, 0.3) is 0 Å². The Balaban J connectivity index is 2.43. The van der Waals surface area contributed by atoms with Gasteiger partial charge in [-0.25, -0.2) is 0 Å². The second kappa shape index (κ2) is 3.72. The molecular weight excluding hydrogens is 142 g/mol. The minimum atomic E-state index is 0.0347. The van der Waals surface area contributed by atoms with Gasteiger partial charge in [0.05, 0.1) is 0 Å². The summed E-state index contributed by atoms with van der Waals surface area (Å²) in [6, 6.07) is 0.474. The van der Waals surface area contributed by atoms with E-state index in [9.17, 15) is 4.79 Å². The molecule has 0 N–H and O–H groups in total. The predicted octanol–water partition coefficient (Wildman–Crippen LogP) is 0.990. The number of hydrogen-bond acceptors (Lipinski definition) is 3. The van der Waals surface area contributed by atoms with E-state index < -0.39 is 0 Å². The molecule has 11 heavy (non-hydrogen) atoms. The molecule has 0 bridgehead atoms. The van der Waals surface area contributed by atoms with Gasteiger partial charge in [0.25, 0.3) is 6.47 Å². The summed E-state index contributed by atoms with van der Waals surface area (Å²) in [7, 11) is 0. The number of rotatable bonds is 3. The Morgan fingerprint density at radius 3 is 2.91 bits per heavy atom. The lowest BCUT2D eigenvalue weighted by molar-refractivity contribution is -0.141. The molecule has 3 heteroatoms. The fourth-order valence-corrected chi connectivity index (χ4v) is 1.56. The van der Waals surface area contributed by atoms with Crippen LogP contribution in [0.5, 0.6) is 0 Å². The van der Waals surface area contributed by atoms with Gasteiger partial charge in [-0.05, 0) is 26.7 Å². The molecule has 1 heterocycles. The fraction of sp³-hybridized carbons (Fsp3) is 0.875. The van der Waals surface area contributed by atoms with Crippen LogP contribution in [0.15, 0.2) is 0 Å². The molecule has 1 atom stereocenters. The molecule has 1 aliphatic rings. The molecule has 0 aromatic rings. The average Bonchev–Trinajstić information content (AvgIpc) is 2.36. The van der Waals surface area contributed by atoms with Crippen LogP contribution in [0, 0.1) is 0 Å². The largest absolute Gasteiger partial charge is 0.449 e. The van der Waals surface area contributed by atoms with Crippen LogP contribution in [-0.2, 0) is 9.53 Å². The van der Waals surface area contributed by atoms with Crippen molar-refractivity contribution in [2.75, 3.05) is 6.54 Å². The summed E-state index contributed by atoms with van der Waals surface area (Å²) in [5, 5.41) is 0. The Morgan fingerprint density at radius 1 is 1.64 bits per heavy atom. The maximum atomic E-state index is 10.1. The number of likely N-dealkylation sites (tertiary alicyclic amines) is 1. The SMILES string of the molecule is CC(C)N1CCC[C@H]1OC=O. The van der Waals surface area contributed by atoms with Gasteiger partial charge in [0.15, 0.2) is 6.23 Å². The predicted molar refractivity (Wildman–Crippen MR) is 42.0 cm³/mol. The van der Waals surface area contributed by atoms with Crippen molar-refractivity contribution >= 4 is 6.47 Å². The lowest BCUT2D eigenvalue weighted by Crippen LogP contribution is -2.36. The van der Waals surface area contributed by atoms with E-state index in [1.54, 1.807) is 0 Å². The molecule has 1 saturated heterocycles. The van der Waals surface area contributed by atoms with Crippen molar-refractivity contribution in [2.24, 2.45) is 0 Å². The summed E-state index contributed by atoms with van der Waals surface area (Å²) >= 11 is 0. The molecule has 0 aromatic heterocycles. The molecule has 1 rings (SSSR count). The normalized spacial score (nSPS) is 25.9. The maximum Gasteiger partial charge on any atom is 0.294 e. The van der Waals surface area contributed by atoms with Crippen LogP contribution in [0.3, 0.4) is 0 Å². The Morgan fingerprint density at radius 2 is 2.36 bits per heavy atom. The van der Waals surface area contributed by atoms with Gasteiger partial charge < -0.3 is 4.74 Å². The molecule has 0 spiro atoms. The van der Waals surface area contributed by atoms with Gasteiger partial charge in [0.1, 0.15) is 0 Å². The molecule has 0 aliphatic carbocycles. The zero-order chi connectivity index (χ0) is 8.27. The molecule has 0 saturated carbocycles. The van der Waals surface area contributed by atoms with E-state index in [1.165, 1.54) is 0 Å². The van der Waals surface area contributed by atoms with Gasteiger partial charge in [-0.15, -0.1) is 0 Å². The van der Waals surface area contributed by atoms with E-state index in [2.05, 4.69) is 18.7 Å². The van der Waals surface area contributed by atoms with E-state index in [-0.39, 0.29) is 6.23 Å². The average molecular weight is 157 g/mol. The number of ether oxygens (including phenoxy) is 1. The van der Waals surface area contributed by atoms with Crippen LogP contribution in [0.2, 0.25) is 0 Å². The molecule has 3 nitrogen and oxygen atoms in total. The first-order chi connectivity index (χ1) is 5.25. The number of nitrogens with zero attached hydrogens (tertiary/aromatic N) is 1. The first-order valence-corrected chi connectivity index (χ1v) is 4.10. The van der Waals surface area contributed by atoms with Gasteiger partial charge in [-0.1, -0.05) is 0 Å². The third kappa shape index (κ3) is 1.93. The highest BCUT2D eigenvalue weighted by atomic mass is 16.5. The van der Waals surface area contributed by atoms with Gasteiger partial charge in [-0.3, -0.25) is 9.69 Å². The standard InChI is InChI=1S/C8H15NO2/c1-7(2)9-5-3-4-8(9)11-6-10/h6-8H,3-5H2,1-2H3/t8-/m1/s1. The van der Waals surface area contributed by atoms with Crippen LogP contribution in [-0.4, -0.2) is 30.2 Å². The van der Waals surface area contributed by atoms with Crippen LogP contribution in [0.4, 0.5) is 0 Å². The maximum absolute atomic E-state index is 10.1. The Hall–Kier alpha value is -0.570. The smallest absolute Gasteiger partial charge is 0.294 e. The molecule has 0 amide bonds. The Labute approximate surface area is 67.3 Å². The van der Waals surface area contributed by atoms with E-state index in [0.29, 0.717) is 12.5 Å². The third-order valence-electron chi connectivity index (χ3n) is 2.11. The highest BCUT2D eigenvalue weighted by Crippen LogP contribution is 2.19. The zero-order valence-electron chi connectivity index (χ0n) is 7.12. The molecule has 0 aromatic carbocycles. The van der Waals surface area contributed by atoms with E-state index >= 15 is 0 Å². The molecule has 1 fully saturated rings. The van der Waals surface area contributed by atoms with Gasteiger partial charge >= 0.3 is 0 Å². The lowest BCUT2D eigenvalue weighted by Gasteiger charge is -2.26. The van der Waals surface area contributed by atoms with Crippen LogP contribution in [0.1, 0.15) is 26.7 Å². The number of hydrogen-bond donors (Lipinski definition) is 0. The van der Waals surface area contributed by atoms with Crippen molar-refractivity contribution < 1.29 is 9.53 Å². The van der Waals surface area contributed by atoms with E-state index in [1.807, 2.05) is 0 Å². The van der Waals surface area contributed by atoms with E-state index in [0.717, 1.165) is 19.4 Å². The van der Waals surface area contributed by atoms with Crippen molar-refractivity contribution in [1.82, 2.24) is 4.90 Å². The van der Waals surface area contributed by atoms with Gasteiger partial charge in [-0.2, -0.15) is 0 Å². The van der Waals surface area contributed by atoms with Gasteiger partial charge in [0.2, 0.25) is 0 Å². The first-order valence-electron chi connectivity index (χ1n) is 4.10. The minimum Gasteiger partial charge on any atom is -0.449 e. The van der Waals surface area contributed by atoms with E-state index in [4.69, 9.17) is 4.74 Å². The Kier molecular flexibility index (Phi) is 2.88. The van der Waals surface area contributed by atoms with Gasteiger partial charge in [0, 0.05) is 12.6 Å². The second-order valence-corrected chi connectivity index (χ2v) is 3.16. The van der Waals surface area contributed by atoms with Crippen molar-refractivity contribution in [1.29, 1.82) is 0 Å². The summed E-state index contributed by atoms with van der Waals surface area (Å²) < 4.78 is 4.92. The van der Waals surface area contributed by atoms with Crippen molar-refractivity contribution in [3.05, 3.63) is 0 Å². The molecule has 64 valence electrons. The van der Waals surface area contributed by atoms with Crippen LogP contribution >= 0.6 is 0 Å². The van der Waals surface area contributed by atoms with Crippen LogP contribution < -0.4 is 0 Å². The summed E-state index contributed by atoms with van der Waals surface area (Å²) in [5.41, 5.74) is 0. The second-order valence-electron chi connectivity index (χ2n) is 3.16. The molecule has 1 aliphatic heterocycles. The molecule has 0 radical (unpaired) electrons. The number of carbonyl (C=O) groups is 1. The highest BCUT2D eigenvalue weighted by Gasteiger charge is 2.27. The first kappa shape index (κ1) is 8.53. The van der Waals surface area contributed by atoms with Crippen molar-refractivity contribution in [2.45, 2.75) is 39.0 Å². The van der Waals surface area contributed by atoms with Crippen molar-refractivity contribution in [3.63, 3.8) is 0 Å². The highest BCUT2D eigenvalue weighted by molar-refractivity contribution is 5.37. The monoisotopic (exact) mass is 157 g/mol. The van der Waals surface area contributed by atoms with Crippen molar-refractivity contribution in [3.8, 4) is 0 Å². The Bertz CT molecular complexity index is 136. The molecule has 0 unspecified atom stereocenters. The summed E-state index contributed by atoms with van der Waals surface area (Å²) in [6.07, 6.45) is 2.15. The summed E-state index contributed by atoms with van der Waals surface area (Å²) in [6.45, 7) is 5.83. The minimum absolute atomic E-state index is 0.0347. The summed E-state index contributed by atoms with van der Waals surface area (Å²) in [4.78, 5) is 12.3. The number of carbonyl (C=O) groups excluding carboxylic acids is 1. The quantitative estimate of drug-likeness (QED) is 0.572. The molecular formula is C8H15NO2. The zero-order valence-corrected chi connectivity index (χ0v) is 7.12. The lowest BCUT2D eigenvalue weighted by atomic mass is 10.3. The third-order valence-corrected chi connectivity index (χ3v) is 2.11. The fourth-order valence-electron chi connectivity index (χ4n) is 1.56. The summed E-state index contributed by atoms with van der Waals surface area (Å²) in [5.74, 6) is 0.